The molecule has 2 saturated heterocycles. The maximum absolute atomic E-state index is 13.6. The number of hydrogen-bond donors (Lipinski definition) is 0. The van der Waals surface area contributed by atoms with Gasteiger partial charge < -0.3 is 0 Å². The SMILES string of the molecule is CCC(CCC(C)C1SC(=Nc2ccc([N+](=O)[O-])cc2C)N(C)C1=O)CN1C(=O)C(C(C)C)SC1=Nc1ccc([N+](=O)[O-])cc1C. The molecule has 0 N–H and O–H groups in total. The summed E-state index contributed by atoms with van der Waals surface area (Å²) in [6.07, 6.45) is 2.43. The van der Waals surface area contributed by atoms with Gasteiger partial charge >= 0.3 is 0 Å². The highest BCUT2D eigenvalue weighted by molar-refractivity contribution is 8.15. The first-order valence-electron chi connectivity index (χ1n) is 15.3. The number of aryl methyl sites for hydroxylation is 2. The van der Waals surface area contributed by atoms with E-state index in [0.29, 0.717) is 39.4 Å². The molecule has 14 heteroatoms. The lowest BCUT2D eigenvalue weighted by Crippen LogP contribution is -2.37. The lowest BCUT2D eigenvalue weighted by atomic mass is 9.92. The minimum absolute atomic E-state index is 0.00126. The molecule has 246 valence electrons. The summed E-state index contributed by atoms with van der Waals surface area (Å²) in [4.78, 5) is 61.0. The Morgan fingerprint density at radius 3 is 1.83 bits per heavy atom. The van der Waals surface area contributed by atoms with Gasteiger partial charge in [0, 0.05) is 37.9 Å². The van der Waals surface area contributed by atoms with Gasteiger partial charge in [-0.25, -0.2) is 9.98 Å². The van der Waals surface area contributed by atoms with Gasteiger partial charge in [0.25, 0.3) is 11.4 Å². The Kier molecular flexibility index (Phi) is 11.3. The Labute approximate surface area is 277 Å². The summed E-state index contributed by atoms with van der Waals surface area (Å²) in [5.41, 5.74) is 2.50. The Balaban J connectivity index is 1.46. The zero-order chi connectivity index (χ0) is 33.9. The highest BCUT2D eigenvalue weighted by Crippen LogP contribution is 2.38. The second-order valence-corrected chi connectivity index (χ2v) is 14.5. The first kappa shape index (κ1) is 35.1. The van der Waals surface area contributed by atoms with Crippen LogP contribution in [0.15, 0.2) is 46.4 Å². The van der Waals surface area contributed by atoms with Gasteiger partial charge in [0.05, 0.1) is 31.7 Å². The van der Waals surface area contributed by atoms with E-state index < -0.39 is 9.85 Å². The van der Waals surface area contributed by atoms with E-state index in [1.54, 1.807) is 42.8 Å². The van der Waals surface area contributed by atoms with Crippen LogP contribution in [0.2, 0.25) is 0 Å². The normalized spacial score (nSPS) is 21.6. The van der Waals surface area contributed by atoms with E-state index in [4.69, 9.17) is 4.99 Å². The lowest BCUT2D eigenvalue weighted by molar-refractivity contribution is -0.385. The van der Waals surface area contributed by atoms with Crippen LogP contribution in [0, 0.1) is 51.8 Å². The van der Waals surface area contributed by atoms with Crippen LogP contribution in [0.5, 0.6) is 0 Å². The van der Waals surface area contributed by atoms with Crippen molar-refractivity contribution in [3.63, 3.8) is 0 Å². The maximum atomic E-state index is 13.6. The molecule has 0 aliphatic carbocycles. The van der Waals surface area contributed by atoms with Gasteiger partial charge in [0.2, 0.25) is 11.8 Å². The Morgan fingerprint density at radius 2 is 1.35 bits per heavy atom. The molecule has 12 nitrogen and oxygen atoms in total. The van der Waals surface area contributed by atoms with Crippen LogP contribution in [0.25, 0.3) is 0 Å². The summed E-state index contributed by atoms with van der Waals surface area (Å²) in [5.74, 6) is 0.329. The van der Waals surface area contributed by atoms with Crippen LogP contribution in [-0.4, -0.2) is 65.9 Å². The highest BCUT2D eigenvalue weighted by Gasteiger charge is 2.42. The molecule has 2 heterocycles. The number of amides is 2. The predicted molar refractivity (Wildman–Crippen MR) is 184 cm³/mol. The molecular formula is C32H40N6O6S2. The number of aliphatic imine (C=N–C) groups is 2. The summed E-state index contributed by atoms with van der Waals surface area (Å²) in [7, 11) is 1.70. The number of nitro groups is 2. The van der Waals surface area contributed by atoms with E-state index >= 15 is 0 Å². The molecule has 2 amide bonds. The van der Waals surface area contributed by atoms with Crippen molar-refractivity contribution in [2.24, 2.45) is 27.7 Å². The largest absolute Gasteiger partial charge is 0.293 e. The van der Waals surface area contributed by atoms with Crippen LogP contribution < -0.4 is 0 Å². The molecule has 2 aromatic rings. The first-order chi connectivity index (χ1) is 21.7. The number of benzene rings is 2. The van der Waals surface area contributed by atoms with Crippen molar-refractivity contribution in [2.75, 3.05) is 13.6 Å². The number of carbonyl (C=O) groups is 2. The first-order valence-corrected chi connectivity index (χ1v) is 17.1. The molecule has 2 aliphatic rings. The summed E-state index contributed by atoms with van der Waals surface area (Å²) in [5, 5.41) is 22.9. The monoisotopic (exact) mass is 668 g/mol. The van der Waals surface area contributed by atoms with Gasteiger partial charge in [0.1, 0.15) is 0 Å². The summed E-state index contributed by atoms with van der Waals surface area (Å²) < 4.78 is 0. The van der Waals surface area contributed by atoms with Crippen LogP contribution >= 0.6 is 23.5 Å². The quantitative estimate of drug-likeness (QED) is 0.167. The van der Waals surface area contributed by atoms with Crippen LogP contribution in [0.4, 0.5) is 22.7 Å². The third-order valence-electron chi connectivity index (χ3n) is 8.45. The fraction of sp³-hybridized carbons (Fsp3) is 0.500. The van der Waals surface area contributed by atoms with E-state index in [1.165, 1.54) is 47.8 Å². The molecule has 4 atom stereocenters. The van der Waals surface area contributed by atoms with Crippen LogP contribution in [0.1, 0.15) is 58.1 Å². The molecule has 2 fully saturated rings. The molecule has 4 unspecified atom stereocenters. The maximum Gasteiger partial charge on any atom is 0.269 e. The summed E-state index contributed by atoms with van der Waals surface area (Å²) in [6, 6.07) is 9.03. The number of rotatable bonds is 12. The van der Waals surface area contributed by atoms with E-state index in [1.807, 2.05) is 13.8 Å². The van der Waals surface area contributed by atoms with Gasteiger partial charge in [-0.05, 0) is 67.7 Å². The highest BCUT2D eigenvalue weighted by atomic mass is 32.2. The van der Waals surface area contributed by atoms with Gasteiger partial charge in [-0.15, -0.1) is 0 Å². The van der Waals surface area contributed by atoms with Crippen LogP contribution in [-0.2, 0) is 9.59 Å². The number of non-ortho nitro benzene ring substituents is 2. The second kappa shape index (κ2) is 14.8. The number of hydrogen-bond acceptors (Lipinski definition) is 10. The average Bonchev–Trinajstić information content (AvgIpc) is 3.47. The predicted octanol–water partition coefficient (Wildman–Crippen LogP) is 7.41. The van der Waals surface area contributed by atoms with Crippen molar-refractivity contribution >= 4 is 68.4 Å². The van der Waals surface area contributed by atoms with Crippen molar-refractivity contribution in [3.8, 4) is 0 Å². The third kappa shape index (κ3) is 7.77. The topological polar surface area (TPSA) is 152 Å². The Hall–Kier alpha value is -3.78. The molecule has 0 saturated carbocycles. The van der Waals surface area contributed by atoms with Crippen molar-refractivity contribution in [1.29, 1.82) is 0 Å². The molecule has 0 radical (unpaired) electrons. The van der Waals surface area contributed by atoms with E-state index in [-0.39, 0.29) is 51.4 Å². The molecule has 2 aliphatic heterocycles. The minimum Gasteiger partial charge on any atom is -0.293 e. The van der Waals surface area contributed by atoms with E-state index in [9.17, 15) is 29.8 Å². The van der Waals surface area contributed by atoms with Crippen molar-refractivity contribution in [1.82, 2.24) is 9.80 Å². The van der Waals surface area contributed by atoms with E-state index in [2.05, 4.69) is 18.8 Å². The van der Waals surface area contributed by atoms with Crippen molar-refractivity contribution in [2.45, 2.75) is 71.3 Å². The third-order valence-corrected chi connectivity index (χ3v) is 11.5. The second-order valence-electron chi connectivity index (χ2n) is 12.2. The molecule has 0 bridgehead atoms. The molecule has 0 aromatic heterocycles. The Bertz CT molecular complexity index is 1590. The van der Waals surface area contributed by atoms with Gasteiger partial charge in [-0.2, -0.15) is 0 Å². The molecule has 46 heavy (non-hydrogen) atoms. The zero-order valence-electron chi connectivity index (χ0n) is 27.1. The number of carbonyl (C=O) groups excluding carboxylic acids is 2. The number of amidine groups is 2. The van der Waals surface area contributed by atoms with Crippen molar-refractivity contribution in [3.05, 3.63) is 67.8 Å². The molecule has 2 aromatic carbocycles. The fourth-order valence-electron chi connectivity index (χ4n) is 5.44. The smallest absolute Gasteiger partial charge is 0.269 e. The number of nitro benzene ring substituents is 2. The van der Waals surface area contributed by atoms with Gasteiger partial charge in [0.15, 0.2) is 10.3 Å². The van der Waals surface area contributed by atoms with Gasteiger partial charge in [-0.1, -0.05) is 57.6 Å². The fourth-order valence-corrected chi connectivity index (χ4v) is 7.86. The molecule has 0 spiro atoms. The Morgan fingerprint density at radius 1 is 0.826 bits per heavy atom. The number of nitrogens with zero attached hydrogens (tertiary/aromatic N) is 6. The molecular weight excluding hydrogens is 629 g/mol. The van der Waals surface area contributed by atoms with E-state index in [0.717, 1.165) is 19.3 Å². The van der Waals surface area contributed by atoms with Crippen molar-refractivity contribution < 1.29 is 19.4 Å². The minimum atomic E-state index is -0.445. The standard InChI is InChI=1S/C32H40N6O6S2/c1-8-22(17-36-30(40)27(18(2)3)45-32(36)34-26-14-12-24(38(43)44)16-21(26)6)10-9-19(4)28-29(39)35(7)31(46-28)33-25-13-11-23(37(41)42)15-20(25)5/h11-16,18-19,22,27-28H,8-10,17H2,1-7H3. The number of thioether (sulfide) groups is 2. The lowest BCUT2D eigenvalue weighted by Gasteiger charge is -2.25. The summed E-state index contributed by atoms with van der Waals surface area (Å²) >= 11 is 2.86. The molecule has 4 rings (SSSR count). The van der Waals surface area contributed by atoms with Crippen LogP contribution in [0.3, 0.4) is 0 Å². The van der Waals surface area contributed by atoms with Gasteiger partial charge in [-0.3, -0.25) is 39.6 Å². The zero-order valence-corrected chi connectivity index (χ0v) is 28.8. The average molecular weight is 669 g/mol. The summed E-state index contributed by atoms with van der Waals surface area (Å²) in [6.45, 7) is 12.2.